The van der Waals surface area contributed by atoms with Crippen molar-refractivity contribution < 1.29 is 9.90 Å². The van der Waals surface area contributed by atoms with E-state index in [0.717, 1.165) is 16.8 Å². The molecule has 1 aromatic heterocycles. The molecule has 0 aliphatic heterocycles. The van der Waals surface area contributed by atoms with Crippen LogP contribution in [0.5, 0.6) is 0 Å². The van der Waals surface area contributed by atoms with Crippen LogP contribution in [0.25, 0.3) is 0 Å². The van der Waals surface area contributed by atoms with E-state index in [1.165, 1.54) is 16.7 Å². The molecule has 5 heteroatoms. The molecule has 0 fully saturated rings. The minimum Gasteiger partial charge on any atom is -0.476 e. The first-order valence-corrected chi connectivity index (χ1v) is 5.97. The van der Waals surface area contributed by atoms with Crippen molar-refractivity contribution in [1.82, 2.24) is 4.98 Å². The molecular formula is C12H12N2O2S. The maximum absolute atomic E-state index is 10.7. The number of anilines is 2. The molecule has 0 aliphatic carbocycles. The molecule has 0 spiro atoms. The lowest BCUT2D eigenvalue weighted by molar-refractivity contribution is 0.0691. The van der Waals surface area contributed by atoms with Crippen LogP contribution in [-0.4, -0.2) is 16.1 Å². The molecule has 0 amide bonds. The zero-order valence-corrected chi connectivity index (χ0v) is 10.3. The Morgan fingerprint density at radius 2 is 2.18 bits per heavy atom. The van der Waals surface area contributed by atoms with Gasteiger partial charge in [-0.2, -0.15) is 0 Å². The first-order chi connectivity index (χ1) is 8.06. The summed E-state index contributed by atoms with van der Waals surface area (Å²) < 4.78 is 0. The summed E-state index contributed by atoms with van der Waals surface area (Å²) in [7, 11) is 0. The molecule has 0 aliphatic rings. The predicted octanol–water partition coefficient (Wildman–Crippen LogP) is 3.20. The summed E-state index contributed by atoms with van der Waals surface area (Å²) in [4.78, 5) is 14.7. The van der Waals surface area contributed by atoms with Gasteiger partial charge in [0.25, 0.3) is 0 Å². The topological polar surface area (TPSA) is 62.2 Å². The van der Waals surface area contributed by atoms with Crippen LogP contribution in [-0.2, 0) is 0 Å². The number of rotatable bonds is 3. The Labute approximate surface area is 103 Å². The fourth-order valence-electron chi connectivity index (χ4n) is 1.42. The fourth-order valence-corrected chi connectivity index (χ4v) is 2.11. The molecule has 0 atom stereocenters. The van der Waals surface area contributed by atoms with Crippen molar-refractivity contribution in [3.8, 4) is 0 Å². The second-order valence-electron chi connectivity index (χ2n) is 3.79. The van der Waals surface area contributed by atoms with Gasteiger partial charge in [-0.25, -0.2) is 9.78 Å². The minimum atomic E-state index is -1.00. The Bertz CT molecular complexity index is 563. The number of aromatic carboxylic acids is 1. The first kappa shape index (κ1) is 11.6. The lowest BCUT2D eigenvalue weighted by Crippen LogP contribution is -1.98. The van der Waals surface area contributed by atoms with Crippen molar-refractivity contribution >= 4 is 28.1 Å². The molecule has 0 unspecified atom stereocenters. The quantitative estimate of drug-likeness (QED) is 0.875. The molecule has 17 heavy (non-hydrogen) atoms. The summed E-state index contributed by atoms with van der Waals surface area (Å²) >= 11 is 1.28. The van der Waals surface area contributed by atoms with E-state index in [2.05, 4.69) is 10.3 Å². The smallest absolute Gasteiger partial charge is 0.355 e. The van der Waals surface area contributed by atoms with Gasteiger partial charge in [0.2, 0.25) is 0 Å². The Kier molecular flexibility index (Phi) is 3.10. The summed E-state index contributed by atoms with van der Waals surface area (Å²) in [5.41, 5.74) is 3.27. The van der Waals surface area contributed by atoms with Crippen molar-refractivity contribution in [3.63, 3.8) is 0 Å². The summed E-state index contributed by atoms with van der Waals surface area (Å²) in [5, 5.41) is 14.0. The Balaban J connectivity index is 2.25. The van der Waals surface area contributed by atoms with E-state index in [-0.39, 0.29) is 5.69 Å². The van der Waals surface area contributed by atoms with Crippen LogP contribution in [0.2, 0.25) is 0 Å². The molecule has 0 bridgehead atoms. The Morgan fingerprint density at radius 1 is 1.41 bits per heavy atom. The number of carbonyl (C=O) groups is 1. The molecule has 1 heterocycles. The first-order valence-electron chi connectivity index (χ1n) is 5.09. The van der Waals surface area contributed by atoms with Gasteiger partial charge in [0.1, 0.15) is 0 Å². The zero-order valence-electron chi connectivity index (χ0n) is 9.52. The normalized spacial score (nSPS) is 10.2. The summed E-state index contributed by atoms with van der Waals surface area (Å²) in [6, 6.07) is 6.06. The number of aryl methyl sites for hydroxylation is 2. The highest BCUT2D eigenvalue weighted by molar-refractivity contribution is 7.14. The fraction of sp³-hybridized carbons (Fsp3) is 0.167. The highest BCUT2D eigenvalue weighted by Crippen LogP contribution is 2.24. The van der Waals surface area contributed by atoms with Gasteiger partial charge in [0.15, 0.2) is 10.8 Å². The van der Waals surface area contributed by atoms with E-state index < -0.39 is 5.97 Å². The number of hydrogen-bond donors (Lipinski definition) is 2. The van der Waals surface area contributed by atoms with Gasteiger partial charge in [-0.1, -0.05) is 12.1 Å². The van der Waals surface area contributed by atoms with Gasteiger partial charge in [0, 0.05) is 11.1 Å². The predicted molar refractivity (Wildman–Crippen MR) is 68.3 cm³/mol. The highest BCUT2D eigenvalue weighted by Gasteiger charge is 2.09. The molecule has 2 rings (SSSR count). The number of hydrogen-bond acceptors (Lipinski definition) is 4. The lowest BCUT2D eigenvalue weighted by atomic mass is 10.1. The van der Waals surface area contributed by atoms with Crippen molar-refractivity contribution in [2.45, 2.75) is 13.8 Å². The van der Waals surface area contributed by atoms with Crippen LogP contribution in [0.3, 0.4) is 0 Å². The van der Waals surface area contributed by atoms with E-state index in [1.807, 2.05) is 32.0 Å². The molecular weight excluding hydrogens is 236 g/mol. The third kappa shape index (κ3) is 2.62. The second kappa shape index (κ2) is 4.55. The van der Waals surface area contributed by atoms with Crippen molar-refractivity contribution in [3.05, 3.63) is 40.4 Å². The number of carboxylic acids is 1. The van der Waals surface area contributed by atoms with Crippen LogP contribution in [0.15, 0.2) is 23.6 Å². The number of aromatic nitrogens is 1. The highest BCUT2D eigenvalue weighted by atomic mass is 32.1. The number of nitrogens with zero attached hydrogens (tertiary/aromatic N) is 1. The van der Waals surface area contributed by atoms with Crippen LogP contribution in [0.4, 0.5) is 10.8 Å². The lowest BCUT2D eigenvalue weighted by Gasteiger charge is -2.07. The van der Waals surface area contributed by atoms with E-state index in [0.29, 0.717) is 5.13 Å². The molecule has 1 aromatic carbocycles. The monoisotopic (exact) mass is 248 g/mol. The molecule has 0 saturated carbocycles. The molecule has 2 aromatic rings. The number of thiazole rings is 1. The number of benzene rings is 1. The number of nitrogens with one attached hydrogen (secondary N) is 1. The summed E-state index contributed by atoms with van der Waals surface area (Å²) in [6.45, 7) is 4.00. The van der Waals surface area contributed by atoms with Gasteiger partial charge >= 0.3 is 5.97 Å². The molecule has 0 saturated heterocycles. The third-order valence-corrected chi connectivity index (χ3v) is 3.12. The van der Waals surface area contributed by atoms with Crippen LogP contribution in [0.1, 0.15) is 21.6 Å². The van der Waals surface area contributed by atoms with Crippen LogP contribution in [0, 0.1) is 13.8 Å². The van der Waals surface area contributed by atoms with Crippen molar-refractivity contribution in [2.24, 2.45) is 0 Å². The molecule has 4 nitrogen and oxygen atoms in total. The van der Waals surface area contributed by atoms with E-state index in [4.69, 9.17) is 5.11 Å². The standard InChI is InChI=1S/C12H12N2O2S/c1-7-3-4-8(2)9(5-7)13-12-14-10(6-17-12)11(15)16/h3-6H,1-2H3,(H,13,14)(H,15,16). The van der Waals surface area contributed by atoms with Gasteiger partial charge in [0.05, 0.1) is 0 Å². The number of carboxylic acid groups (broad SMARTS) is 1. The van der Waals surface area contributed by atoms with Crippen LogP contribution >= 0.6 is 11.3 Å². The maximum atomic E-state index is 10.7. The van der Waals surface area contributed by atoms with Gasteiger partial charge in [-0.3, -0.25) is 0 Å². The zero-order chi connectivity index (χ0) is 12.4. The Morgan fingerprint density at radius 3 is 2.82 bits per heavy atom. The average Bonchev–Trinajstić information content (AvgIpc) is 2.72. The largest absolute Gasteiger partial charge is 0.476 e. The van der Waals surface area contributed by atoms with Crippen LogP contribution < -0.4 is 5.32 Å². The van der Waals surface area contributed by atoms with Gasteiger partial charge < -0.3 is 10.4 Å². The van der Waals surface area contributed by atoms with Gasteiger partial charge in [-0.05, 0) is 31.0 Å². The van der Waals surface area contributed by atoms with Crippen molar-refractivity contribution in [1.29, 1.82) is 0 Å². The van der Waals surface area contributed by atoms with E-state index in [9.17, 15) is 4.79 Å². The van der Waals surface area contributed by atoms with Gasteiger partial charge in [-0.15, -0.1) is 11.3 Å². The second-order valence-corrected chi connectivity index (χ2v) is 4.64. The molecule has 2 N–H and O–H groups in total. The average molecular weight is 248 g/mol. The van der Waals surface area contributed by atoms with Crippen molar-refractivity contribution in [2.75, 3.05) is 5.32 Å². The SMILES string of the molecule is Cc1ccc(C)c(Nc2nc(C(=O)O)cs2)c1. The third-order valence-electron chi connectivity index (χ3n) is 2.36. The maximum Gasteiger partial charge on any atom is 0.355 e. The van der Waals surface area contributed by atoms with E-state index in [1.54, 1.807) is 0 Å². The Hall–Kier alpha value is -1.88. The van der Waals surface area contributed by atoms with E-state index >= 15 is 0 Å². The minimum absolute atomic E-state index is 0.0720. The summed E-state index contributed by atoms with van der Waals surface area (Å²) in [6.07, 6.45) is 0. The summed E-state index contributed by atoms with van der Waals surface area (Å²) in [5.74, 6) is -1.00. The molecule has 88 valence electrons. The molecule has 0 radical (unpaired) electrons.